The molecule has 10 heteroatoms. The van der Waals surface area contributed by atoms with Gasteiger partial charge in [0.1, 0.15) is 17.8 Å². The smallest absolute Gasteiger partial charge is 0.211 e. The van der Waals surface area contributed by atoms with Crippen molar-refractivity contribution < 1.29 is 8.42 Å². The van der Waals surface area contributed by atoms with Crippen LogP contribution in [0.25, 0.3) is 33.4 Å². The van der Waals surface area contributed by atoms with E-state index in [1.165, 1.54) is 16.9 Å². The number of H-pyrrole nitrogens is 1. The topological polar surface area (TPSA) is 108 Å². The summed E-state index contributed by atoms with van der Waals surface area (Å²) in [6.07, 6.45) is 6.36. The van der Waals surface area contributed by atoms with E-state index in [-0.39, 0.29) is 0 Å². The van der Waals surface area contributed by atoms with E-state index in [4.69, 9.17) is 0 Å². The number of piperazine rings is 1. The third-order valence-electron chi connectivity index (χ3n) is 5.48. The number of nitrogens with one attached hydrogen (secondary N) is 1. The molecule has 1 aromatic carbocycles. The van der Waals surface area contributed by atoms with E-state index < -0.39 is 10.0 Å². The highest BCUT2D eigenvalue weighted by Crippen LogP contribution is 2.30. The van der Waals surface area contributed by atoms with E-state index in [1.54, 1.807) is 6.20 Å². The van der Waals surface area contributed by atoms with Crippen molar-refractivity contribution in [2.24, 2.45) is 0 Å². The highest BCUT2D eigenvalue weighted by molar-refractivity contribution is 7.88. The Morgan fingerprint density at radius 2 is 1.84 bits per heavy atom. The summed E-state index contributed by atoms with van der Waals surface area (Å²) in [6.45, 7) is 2.04. The monoisotopic (exact) mass is 435 g/mol. The molecule has 5 rings (SSSR count). The number of rotatable bonds is 4. The molecular weight excluding hydrogens is 414 g/mol. The zero-order valence-electron chi connectivity index (χ0n) is 16.9. The molecule has 0 saturated carbocycles. The number of fused-ring (bicyclic) bond motifs is 1. The van der Waals surface area contributed by atoms with Crippen LogP contribution in [-0.2, 0) is 10.0 Å². The number of benzene rings is 1. The van der Waals surface area contributed by atoms with Crippen molar-refractivity contribution in [2.75, 3.05) is 37.3 Å². The second-order valence-corrected chi connectivity index (χ2v) is 9.47. The lowest BCUT2D eigenvalue weighted by Gasteiger charge is -2.33. The lowest BCUT2D eigenvalue weighted by molar-refractivity contribution is 0.387. The minimum atomic E-state index is -3.17. The van der Waals surface area contributed by atoms with Crippen LogP contribution in [0.5, 0.6) is 0 Å². The number of nitrogens with zero attached hydrogens (tertiary/aromatic N) is 6. The fourth-order valence-electron chi connectivity index (χ4n) is 3.82. The second-order valence-electron chi connectivity index (χ2n) is 7.48. The Morgan fingerprint density at radius 3 is 2.58 bits per heavy atom. The first-order valence-corrected chi connectivity index (χ1v) is 11.7. The van der Waals surface area contributed by atoms with Crippen molar-refractivity contribution in [2.45, 2.75) is 0 Å². The van der Waals surface area contributed by atoms with Gasteiger partial charge in [-0.25, -0.2) is 18.4 Å². The molecule has 31 heavy (non-hydrogen) atoms. The van der Waals surface area contributed by atoms with Gasteiger partial charge in [0.15, 0.2) is 0 Å². The van der Waals surface area contributed by atoms with Gasteiger partial charge < -0.3 is 4.90 Å². The minimum absolute atomic E-state index is 0.442. The number of sulfonamides is 1. The highest BCUT2D eigenvalue weighted by atomic mass is 32.2. The molecule has 1 aliphatic heterocycles. The number of pyridine rings is 1. The molecular formula is C21H21N7O2S. The second kappa shape index (κ2) is 7.71. The minimum Gasteiger partial charge on any atom is -0.354 e. The third-order valence-corrected chi connectivity index (χ3v) is 6.79. The van der Waals surface area contributed by atoms with E-state index in [0.717, 1.165) is 33.5 Å². The molecule has 1 aliphatic rings. The maximum absolute atomic E-state index is 11.8. The number of hydrogen-bond donors (Lipinski definition) is 1. The fraction of sp³-hybridized carbons (Fsp3) is 0.238. The first-order valence-electron chi connectivity index (χ1n) is 9.90. The molecule has 3 aromatic heterocycles. The average Bonchev–Trinajstić information content (AvgIpc) is 3.23. The van der Waals surface area contributed by atoms with Crippen LogP contribution in [0.4, 0.5) is 5.82 Å². The summed E-state index contributed by atoms with van der Waals surface area (Å²) in [5.41, 5.74) is 4.46. The van der Waals surface area contributed by atoms with Crippen LogP contribution in [0.15, 0.2) is 55.1 Å². The van der Waals surface area contributed by atoms with Crippen LogP contribution in [0, 0.1) is 0 Å². The van der Waals surface area contributed by atoms with Crippen LogP contribution < -0.4 is 4.90 Å². The molecule has 1 N–H and O–H groups in total. The zero-order chi connectivity index (χ0) is 21.4. The van der Waals surface area contributed by atoms with Crippen LogP contribution in [-0.4, -0.2) is 70.3 Å². The Hall–Kier alpha value is -3.37. The van der Waals surface area contributed by atoms with Gasteiger partial charge in [-0.1, -0.05) is 12.1 Å². The molecule has 0 spiro atoms. The fourth-order valence-corrected chi connectivity index (χ4v) is 4.65. The van der Waals surface area contributed by atoms with Crippen LogP contribution in [0.3, 0.4) is 0 Å². The molecule has 1 fully saturated rings. The van der Waals surface area contributed by atoms with E-state index in [0.29, 0.717) is 31.9 Å². The van der Waals surface area contributed by atoms with Gasteiger partial charge in [0, 0.05) is 55.6 Å². The van der Waals surface area contributed by atoms with Crippen molar-refractivity contribution in [1.29, 1.82) is 0 Å². The van der Waals surface area contributed by atoms with Crippen LogP contribution in [0.1, 0.15) is 0 Å². The Labute approximate surface area is 179 Å². The van der Waals surface area contributed by atoms with Gasteiger partial charge in [0.25, 0.3) is 0 Å². The summed E-state index contributed by atoms with van der Waals surface area (Å²) in [5.74, 6) is 0.762. The van der Waals surface area contributed by atoms with Gasteiger partial charge in [-0.3, -0.25) is 10.1 Å². The van der Waals surface area contributed by atoms with Gasteiger partial charge in [0.2, 0.25) is 10.0 Å². The summed E-state index contributed by atoms with van der Waals surface area (Å²) in [6, 6.07) is 12.0. The van der Waals surface area contributed by atoms with Crippen molar-refractivity contribution in [3.8, 4) is 22.5 Å². The molecule has 1 saturated heterocycles. The number of aromatic amines is 1. The molecule has 0 bridgehead atoms. The molecule has 158 valence electrons. The summed E-state index contributed by atoms with van der Waals surface area (Å²) < 4.78 is 25.0. The number of anilines is 1. The maximum Gasteiger partial charge on any atom is 0.211 e. The van der Waals surface area contributed by atoms with Gasteiger partial charge in [-0.2, -0.15) is 9.40 Å². The SMILES string of the molecule is CS(=O)(=O)N1CCN(c2cc(-c3n[nH]c4ccc(-c5cccnc5)cc34)ncn2)CC1. The lowest BCUT2D eigenvalue weighted by atomic mass is 10.0. The van der Waals surface area contributed by atoms with Crippen molar-refractivity contribution in [1.82, 2.24) is 29.5 Å². The standard InChI is InChI=1S/C21H21N7O2S/c1-31(29,30)28-9-7-27(8-10-28)20-12-19(23-14-24-20)21-17-11-15(4-5-18(17)25-26-21)16-3-2-6-22-13-16/h2-6,11-14H,7-10H2,1H3,(H,25,26). The number of aromatic nitrogens is 5. The first kappa shape index (κ1) is 19.6. The van der Waals surface area contributed by atoms with E-state index in [9.17, 15) is 8.42 Å². The predicted molar refractivity (Wildman–Crippen MR) is 119 cm³/mol. The molecule has 9 nitrogen and oxygen atoms in total. The Bertz CT molecular complexity index is 1330. The van der Waals surface area contributed by atoms with E-state index in [1.807, 2.05) is 36.5 Å². The summed E-state index contributed by atoms with van der Waals surface area (Å²) in [5, 5.41) is 8.53. The van der Waals surface area contributed by atoms with Gasteiger partial charge >= 0.3 is 0 Å². The highest BCUT2D eigenvalue weighted by Gasteiger charge is 2.24. The van der Waals surface area contributed by atoms with E-state index in [2.05, 4.69) is 36.1 Å². The summed E-state index contributed by atoms with van der Waals surface area (Å²) in [4.78, 5) is 15.1. The van der Waals surface area contributed by atoms with Crippen molar-refractivity contribution >= 4 is 26.7 Å². The zero-order valence-corrected chi connectivity index (χ0v) is 17.7. The van der Waals surface area contributed by atoms with Crippen LogP contribution in [0.2, 0.25) is 0 Å². The average molecular weight is 436 g/mol. The number of hydrogen-bond acceptors (Lipinski definition) is 7. The molecule has 0 atom stereocenters. The molecule has 0 amide bonds. The summed E-state index contributed by atoms with van der Waals surface area (Å²) in [7, 11) is -3.17. The van der Waals surface area contributed by atoms with Crippen molar-refractivity contribution in [3.63, 3.8) is 0 Å². The van der Waals surface area contributed by atoms with E-state index >= 15 is 0 Å². The Kier molecular flexibility index (Phi) is 4.87. The third kappa shape index (κ3) is 3.87. The molecule has 0 unspecified atom stereocenters. The Morgan fingerprint density at radius 1 is 1.00 bits per heavy atom. The molecule has 0 aliphatic carbocycles. The quantitative estimate of drug-likeness (QED) is 0.523. The maximum atomic E-state index is 11.8. The van der Waals surface area contributed by atoms with Crippen LogP contribution >= 0.6 is 0 Å². The normalized spacial score (nSPS) is 15.5. The summed E-state index contributed by atoms with van der Waals surface area (Å²) >= 11 is 0. The van der Waals surface area contributed by atoms with Crippen molar-refractivity contribution in [3.05, 3.63) is 55.1 Å². The molecule has 4 heterocycles. The van der Waals surface area contributed by atoms with Gasteiger partial charge in [0.05, 0.1) is 17.5 Å². The first-order chi connectivity index (χ1) is 15.0. The van der Waals surface area contributed by atoms with Gasteiger partial charge in [-0.05, 0) is 23.8 Å². The lowest BCUT2D eigenvalue weighted by Crippen LogP contribution is -2.48. The Balaban J connectivity index is 1.46. The van der Waals surface area contributed by atoms with Gasteiger partial charge in [-0.15, -0.1) is 0 Å². The predicted octanol–water partition coefficient (Wildman–Crippen LogP) is 2.16. The largest absolute Gasteiger partial charge is 0.354 e. The molecule has 0 radical (unpaired) electrons. The molecule has 4 aromatic rings.